The molecule has 0 bridgehead atoms. The number of aryl methyl sites for hydroxylation is 2. The minimum Gasteiger partial charge on any atom is -1.00 e. The summed E-state index contributed by atoms with van der Waals surface area (Å²) in [4.78, 5) is 38.0. The van der Waals surface area contributed by atoms with Crippen LogP contribution in [0.5, 0.6) is 0 Å². The molecular formula is C71H102K2N14O16S7. The molecular weight excluding hydrogens is 1610 g/mol. The molecule has 3 aliphatic rings. The molecule has 3 atom stereocenters. The second-order valence-corrected chi connectivity index (χ2v) is 37.5. The number of nitrogens with two attached hydrogens (primary N) is 1. The van der Waals surface area contributed by atoms with Gasteiger partial charge in [0.25, 0.3) is 46.7 Å². The summed E-state index contributed by atoms with van der Waals surface area (Å²) >= 11 is 3.66. The number of nitriles is 1. The number of imidazole rings is 2. The third-order valence-electron chi connectivity index (χ3n) is 16.8. The van der Waals surface area contributed by atoms with Crippen LogP contribution in [0, 0.1) is 11.3 Å². The number of carbonyl (C=O) groups excluding carboxylic acids is 2. The second-order valence-electron chi connectivity index (χ2n) is 26.5. The van der Waals surface area contributed by atoms with Crippen molar-refractivity contribution >= 4 is 104 Å². The van der Waals surface area contributed by atoms with E-state index in [1.54, 1.807) is 144 Å². The molecule has 0 unspecified atom stereocenters. The molecule has 6 N–H and O–H groups in total. The topological polar surface area (TPSA) is 393 Å². The minimum atomic E-state index is -3.68. The van der Waals surface area contributed by atoms with Gasteiger partial charge in [0.15, 0.2) is 6.29 Å². The zero-order chi connectivity index (χ0) is 80.4. The van der Waals surface area contributed by atoms with Gasteiger partial charge in [-0.3, -0.25) is 18.7 Å². The van der Waals surface area contributed by atoms with Crippen molar-refractivity contribution in [2.75, 3.05) is 121 Å². The quantitative estimate of drug-likeness (QED) is 0.0177. The predicted molar refractivity (Wildman–Crippen MR) is 420 cm³/mol. The summed E-state index contributed by atoms with van der Waals surface area (Å²) in [5.41, 5.74) is 8.50. The van der Waals surface area contributed by atoms with Gasteiger partial charge in [-0.1, -0.05) is 54.6 Å². The maximum Gasteiger partial charge on any atom is 1.00 e. The maximum absolute atomic E-state index is 13.2. The van der Waals surface area contributed by atoms with Crippen LogP contribution in [0.2, 0.25) is 0 Å². The van der Waals surface area contributed by atoms with Crippen molar-refractivity contribution in [3.63, 3.8) is 0 Å². The molecule has 3 aromatic carbocycles. The average Bonchev–Trinajstić information content (AvgIpc) is 1.77. The number of hydrogen-bond acceptors (Lipinski definition) is 28. The SMILES string of the molecule is CC#N.CC(C)(O)c1ccc(N2CCN(S(=O)(=O)c3cccs3)C[C@@H]2COS(C)(=O)=O)cc1.CN.CN(Cc1cn(C)cn1)C[C@H]1CN(S(=O)(=O)c2cccs2)CCN1c1ccc(C(C)(C)O)cc1.CNC[C@H]1CN(S(=O)(=O)c2cccs2)CCN1c1ccc(C(C)(C)O)cc1.Cn1cnc(C=O)c1.O=CO[O-].[H-].[K+].[K+]. The fraction of sp³-hybridized carbons (Fsp3) is 0.451. The summed E-state index contributed by atoms with van der Waals surface area (Å²) in [5.74, 6) is 0. The van der Waals surface area contributed by atoms with Crippen molar-refractivity contribution in [3.8, 4) is 6.07 Å². The van der Waals surface area contributed by atoms with Crippen LogP contribution in [0.15, 0.2) is 163 Å². The van der Waals surface area contributed by atoms with Crippen LogP contribution in [0.3, 0.4) is 0 Å². The van der Waals surface area contributed by atoms with Crippen molar-refractivity contribution in [1.82, 2.24) is 42.2 Å². The largest absolute Gasteiger partial charge is 1.00 e. The predicted octanol–water partition coefficient (Wildman–Crippen LogP) is -0.481. The van der Waals surface area contributed by atoms with Gasteiger partial charge < -0.3 is 61.8 Å². The van der Waals surface area contributed by atoms with E-state index in [2.05, 4.69) is 40.6 Å². The molecule has 8 aromatic rings. The van der Waals surface area contributed by atoms with Gasteiger partial charge in [-0.15, -0.1) is 34.0 Å². The van der Waals surface area contributed by atoms with Gasteiger partial charge in [-0.25, -0.2) is 35.2 Å². The van der Waals surface area contributed by atoms with E-state index in [-0.39, 0.29) is 147 Å². The number of rotatable bonds is 23. The molecule has 5 aromatic heterocycles. The fourth-order valence-corrected chi connectivity index (χ4v) is 19.8. The Morgan fingerprint density at radius 1 is 0.609 bits per heavy atom. The number of thiophene rings is 3. The maximum atomic E-state index is 13.2. The number of nitrogens with zero attached hydrogens (tertiary/aromatic N) is 12. The van der Waals surface area contributed by atoms with E-state index in [0.717, 1.165) is 63.3 Å². The Bertz CT molecular complexity index is 4530. The number of likely N-dealkylation sites (N-methyl/N-ethyl adjacent to an activating group) is 2. The number of piperazine rings is 3. The number of carbonyl (C=O) groups is 2. The molecule has 110 heavy (non-hydrogen) atoms. The van der Waals surface area contributed by atoms with Crippen molar-refractivity contribution in [1.29, 1.82) is 5.26 Å². The number of anilines is 3. The normalized spacial score (nSPS) is 16.6. The smallest absolute Gasteiger partial charge is 1.00 e. The first-order valence-corrected chi connectivity index (χ1v) is 42.7. The summed E-state index contributed by atoms with van der Waals surface area (Å²) in [6, 6.07) is 34.4. The minimum absolute atomic E-state index is 0. The van der Waals surface area contributed by atoms with Crippen LogP contribution in [0.1, 0.15) is 82.8 Å². The Balaban J connectivity index is 0.000000506. The Morgan fingerprint density at radius 2 is 0.945 bits per heavy atom. The van der Waals surface area contributed by atoms with Gasteiger partial charge in [0, 0.05) is 129 Å². The molecule has 8 heterocycles. The molecule has 0 amide bonds. The van der Waals surface area contributed by atoms with Crippen molar-refractivity contribution in [3.05, 3.63) is 178 Å². The van der Waals surface area contributed by atoms with Crippen LogP contribution in [-0.4, -0.2) is 223 Å². The Kier molecular flexibility index (Phi) is 42.3. The standard InChI is InChI=1S/C24H33N5O3S2.C19H27N3O3S2.C19H26N2O6S3.C5H6N2O.C2H3N.CH5N.CH2O3.2K.H/c1-24(2,30)19-7-9-21(10-8-19)29-12-11-28(34(31,32)23-6-5-13-33-23)17-22(29)16-26(3)14-20-15-27(4)18-25-20;1-19(2,23)15-6-8-16(9-7-15)22-11-10-21(14-17(22)13-20-3)27(24,25)18-5-4-12-26-18;1-19(2,22)15-6-8-16(9-7-15)21-11-10-20(13-17(21)14-27-29(3,23)24)30(25,26)18-5-4-12-28-18;1-7-2-5(3-8)6-4-7;1-2-3;1-2;2-1-4-3;;;/h5-10,13,15,18,22,30H,11-12,14,16-17H2,1-4H3;4-9,12,17,20,23H,10-11,13-14H2,1-3H3;4-9,12,17,22H,10-11,13-14H2,1-3H3;2-4H,1H3;1H3;2H2,1H3;1,3H;;;/q;;;;;;;2*+1;-1/p-1/t22-;2*17-;;;;;;;/m001......./s1. The van der Waals surface area contributed by atoms with Gasteiger partial charge >= 0.3 is 103 Å². The monoisotopic (exact) mass is 1710 g/mol. The summed E-state index contributed by atoms with van der Waals surface area (Å²) < 4.78 is 115. The van der Waals surface area contributed by atoms with Gasteiger partial charge in [0.05, 0.1) is 72.2 Å². The summed E-state index contributed by atoms with van der Waals surface area (Å²) in [6.07, 6.45) is 8.73. The number of aldehydes is 1. The zero-order valence-electron chi connectivity index (χ0n) is 66.0. The molecule has 0 saturated carbocycles. The van der Waals surface area contributed by atoms with Crippen molar-refractivity contribution in [2.24, 2.45) is 19.8 Å². The molecule has 0 aliphatic carbocycles. The number of aromatic nitrogens is 4. The van der Waals surface area contributed by atoms with E-state index in [1.807, 2.05) is 105 Å². The Hall–Kier alpha value is -4.16. The third kappa shape index (κ3) is 30.5. The molecule has 30 nitrogen and oxygen atoms in total. The first kappa shape index (κ1) is 100. The van der Waals surface area contributed by atoms with Crippen LogP contribution in [0.4, 0.5) is 17.1 Å². The number of nitrogens with one attached hydrogen (secondary N) is 1. The Morgan fingerprint density at radius 3 is 1.23 bits per heavy atom. The molecule has 0 spiro atoms. The molecule has 39 heteroatoms. The van der Waals surface area contributed by atoms with Crippen molar-refractivity contribution in [2.45, 2.75) is 103 Å². The second kappa shape index (κ2) is 46.5. The molecule has 3 saturated heterocycles. The summed E-state index contributed by atoms with van der Waals surface area (Å²) in [6.45, 7) is 17.3. The van der Waals surface area contributed by atoms with Crippen LogP contribution in [-0.2, 0) is 91.5 Å². The van der Waals surface area contributed by atoms with Crippen LogP contribution in [0.25, 0.3) is 0 Å². The Labute approximate surface area is 747 Å². The fourth-order valence-electron chi connectivity index (χ4n) is 11.6. The van der Waals surface area contributed by atoms with Crippen molar-refractivity contribution < 1.29 is 177 Å². The number of hydrogen-bond donors (Lipinski definition) is 5. The van der Waals surface area contributed by atoms with E-state index in [1.165, 1.54) is 41.0 Å². The number of aliphatic hydroxyl groups is 3. The van der Waals surface area contributed by atoms with Gasteiger partial charge in [0.2, 0.25) is 0 Å². The van der Waals surface area contributed by atoms with Gasteiger partial charge in [-0.05, 0) is 150 Å². The zero-order valence-corrected chi connectivity index (χ0v) is 76.9. The first-order valence-electron chi connectivity index (χ1n) is 33.9. The van der Waals surface area contributed by atoms with Gasteiger partial charge in [0.1, 0.15) is 18.3 Å². The summed E-state index contributed by atoms with van der Waals surface area (Å²) in [7, 11) is -5.10. The molecule has 3 fully saturated rings. The molecule has 596 valence electrons. The number of benzene rings is 3. The van der Waals surface area contributed by atoms with E-state index >= 15 is 0 Å². The number of sulfonamides is 3. The first-order chi connectivity index (χ1) is 50.8. The molecule has 3 aliphatic heterocycles. The summed E-state index contributed by atoms with van der Waals surface area (Å²) in [5, 5.41) is 54.8. The average molecular weight is 1710 g/mol. The molecule has 0 radical (unpaired) electrons. The van der Waals surface area contributed by atoms with E-state index in [0.29, 0.717) is 79.6 Å². The van der Waals surface area contributed by atoms with E-state index < -0.39 is 63.0 Å². The van der Waals surface area contributed by atoms with Crippen LogP contribution >= 0.6 is 34.0 Å². The van der Waals surface area contributed by atoms with E-state index in [4.69, 9.17) is 19.5 Å². The third-order valence-corrected chi connectivity index (χ3v) is 27.1. The molecule has 11 rings (SSSR count). The van der Waals surface area contributed by atoms with Crippen LogP contribution < -0.4 is 134 Å². The van der Waals surface area contributed by atoms with E-state index in [9.17, 15) is 53.8 Å². The van der Waals surface area contributed by atoms with Gasteiger partial charge in [-0.2, -0.15) is 26.6 Å².